The molecule has 3 aromatic carbocycles. The molecular weight excluding hydrogens is 487 g/mol. The van der Waals surface area contributed by atoms with E-state index in [0.717, 1.165) is 11.3 Å². The maximum Gasteiger partial charge on any atom is 0.258 e. The molecule has 5 aromatic rings. The molecule has 0 fully saturated rings. The number of nitrogens with zero attached hydrogens (tertiary/aromatic N) is 4. The van der Waals surface area contributed by atoms with Gasteiger partial charge in [-0.1, -0.05) is 53.5 Å². The lowest BCUT2D eigenvalue weighted by molar-refractivity contribution is 0.0952. The summed E-state index contributed by atoms with van der Waals surface area (Å²) >= 11 is 12.4. The first-order valence-electron chi connectivity index (χ1n) is 10.7. The van der Waals surface area contributed by atoms with Crippen molar-refractivity contribution < 1.29 is 4.79 Å². The summed E-state index contributed by atoms with van der Waals surface area (Å²) in [4.78, 5) is 33.3. The van der Waals surface area contributed by atoms with E-state index >= 15 is 0 Å². The molecule has 1 amide bonds. The molecule has 8 nitrogen and oxygen atoms in total. The molecule has 0 aliphatic heterocycles. The van der Waals surface area contributed by atoms with E-state index in [2.05, 4.69) is 25.5 Å². The van der Waals surface area contributed by atoms with Crippen molar-refractivity contribution in [2.75, 3.05) is 6.54 Å². The average molecular weight is 505 g/mol. The molecule has 0 saturated carbocycles. The number of hydrogen-bond donors (Lipinski definition) is 2. The molecule has 1 unspecified atom stereocenters. The molecular formula is C25H18Cl2N6O2. The Balaban J connectivity index is 1.44. The van der Waals surface area contributed by atoms with E-state index in [1.54, 1.807) is 53.6 Å². The largest absolute Gasteiger partial charge is 0.351 e. The van der Waals surface area contributed by atoms with Gasteiger partial charge in [0.2, 0.25) is 0 Å². The van der Waals surface area contributed by atoms with E-state index in [-0.39, 0.29) is 18.0 Å². The van der Waals surface area contributed by atoms with Gasteiger partial charge in [0.05, 0.1) is 27.4 Å². The number of amides is 1. The standard InChI is InChI=1S/C25H18Cl2N6O2/c26-16-6-9-22-19(10-16)25(35)32-23(31-22)20(15-4-2-1-3-5-15)12-28-24(34)18-8-7-17(11-21(18)27)33-13-29-30-14-33/h1-11,13-14,20H,12H2,(H,28,34)(H,31,32,35). The van der Waals surface area contributed by atoms with Crippen molar-refractivity contribution in [2.24, 2.45) is 0 Å². The van der Waals surface area contributed by atoms with Crippen LogP contribution >= 0.6 is 23.2 Å². The Morgan fingerprint density at radius 3 is 2.51 bits per heavy atom. The summed E-state index contributed by atoms with van der Waals surface area (Å²) in [6.45, 7) is 0.189. The fraction of sp³-hybridized carbons (Fsp3) is 0.0800. The predicted octanol–water partition coefficient (Wildman–Crippen LogP) is 4.37. The van der Waals surface area contributed by atoms with Gasteiger partial charge in [-0.05, 0) is 42.0 Å². The summed E-state index contributed by atoms with van der Waals surface area (Å²) in [6.07, 6.45) is 3.09. The number of hydrogen-bond acceptors (Lipinski definition) is 5. The van der Waals surface area contributed by atoms with Gasteiger partial charge in [-0.25, -0.2) is 4.98 Å². The molecule has 0 bridgehead atoms. The third-order valence-electron chi connectivity index (χ3n) is 5.60. The second-order valence-electron chi connectivity index (χ2n) is 7.82. The van der Waals surface area contributed by atoms with Crippen molar-refractivity contribution in [2.45, 2.75) is 5.92 Å². The molecule has 2 aromatic heterocycles. The number of nitrogens with one attached hydrogen (secondary N) is 2. The Kier molecular flexibility index (Phi) is 6.31. The van der Waals surface area contributed by atoms with Gasteiger partial charge in [0.25, 0.3) is 11.5 Å². The van der Waals surface area contributed by atoms with Crippen LogP contribution in [0.4, 0.5) is 0 Å². The fourth-order valence-electron chi connectivity index (χ4n) is 3.82. The molecule has 5 rings (SSSR count). The Hall–Kier alpha value is -4.01. The molecule has 35 heavy (non-hydrogen) atoms. The molecule has 2 heterocycles. The van der Waals surface area contributed by atoms with Gasteiger partial charge in [-0.15, -0.1) is 10.2 Å². The zero-order valence-corrected chi connectivity index (χ0v) is 19.7. The van der Waals surface area contributed by atoms with Gasteiger partial charge >= 0.3 is 0 Å². The average Bonchev–Trinajstić information content (AvgIpc) is 3.40. The van der Waals surface area contributed by atoms with Crippen LogP contribution in [0.1, 0.15) is 27.7 Å². The van der Waals surface area contributed by atoms with Crippen LogP contribution in [-0.2, 0) is 0 Å². The maximum atomic E-state index is 13.0. The number of H-pyrrole nitrogens is 1. The van der Waals surface area contributed by atoms with Gasteiger partial charge in [0.1, 0.15) is 18.5 Å². The summed E-state index contributed by atoms with van der Waals surface area (Å²) in [6, 6.07) is 19.6. The summed E-state index contributed by atoms with van der Waals surface area (Å²) in [5, 5.41) is 11.6. The molecule has 1 atom stereocenters. The molecule has 10 heteroatoms. The van der Waals surface area contributed by atoms with E-state index in [1.807, 2.05) is 30.3 Å². The second-order valence-corrected chi connectivity index (χ2v) is 8.66. The number of carbonyl (C=O) groups excluding carboxylic acids is 1. The normalized spacial score (nSPS) is 11.9. The third-order valence-corrected chi connectivity index (χ3v) is 6.15. The summed E-state index contributed by atoms with van der Waals surface area (Å²) in [5.74, 6) is -0.311. The topological polar surface area (TPSA) is 106 Å². The van der Waals surface area contributed by atoms with Crippen molar-refractivity contribution in [3.05, 3.63) is 117 Å². The Morgan fingerprint density at radius 2 is 1.77 bits per heavy atom. The summed E-state index contributed by atoms with van der Waals surface area (Å²) < 4.78 is 1.69. The minimum Gasteiger partial charge on any atom is -0.351 e. The predicted molar refractivity (Wildman–Crippen MR) is 134 cm³/mol. The van der Waals surface area contributed by atoms with Crippen LogP contribution in [0, 0.1) is 0 Å². The van der Waals surface area contributed by atoms with Gasteiger partial charge in [-0.2, -0.15) is 0 Å². The Bertz CT molecular complexity index is 1570. The molecule has 0 saturated heterocycles. The maximum absolute atomic E-state index is 13.0. The number of halogens is 2. The highest BCUT2D eigenvalue weighted by Crippen LogP contribution is 2.24. The zero-order valence-electron chi connectivity index (χ0n) is 18.2. The van der Waals surface area contributed by atoms with Crippen LogP contribution in [0.5, 0.6) is 0 Å². The number of aromatic amines is 1. The number of benzene rings is 3. The second kappa shape index (κ2) is 9.69. The Morgan fingerprint density at radius 1 is 1.00 bits per heavy atom. The SMILES string of the molecule is O=C(NCC(c1ccccc1)c1nc2ccc(Cl)cc2c(=O)[nH]1)c1ccc(-n2cnnc2)cc1Cl. The Labute approximate surface area is 209 Å². The molecule has 174 valence electrons. The number of fused-ring (bicyclic) bond motifs is 1. The molecule has 0 aliphatic carbocycles. The lowest BCUT2D eigenvalue weighted by atomic mass is 9.97. The van der Waals surface area contributed by atoms with Crippen molar-refractivity contribution in [1.82, 2.24) is 30.0 Å². The first-order chi connectivity index (χ1) is 17.0. The zero-order chi connectivity index (χ0) is 24.4. The number of carbonyl (C=O) groups is 1. The van der Waals surface area contributed by atoms with E-state index in [1.165, 1.54) is 0 Å². The molecule has 0 aliphatic rings. The molecule has 2 N–H and O–H groups in total. The van der Waals surface area contributed by atoms with E-state index in [0.29, 0.717) is 32.3 Å². The van der Waals surface area contributed by atoms with Crippen LogP contribution in [0.2, 0.25) is 10.0 Å². The number of rotatable bonds is 6. The van der Waals surface area contributed by atoms with Crippen LogP contribution in [0.3, 0.4) is 0 Å². The van der Waals surface area contributed by atoms with Crippen LogP contribution < -0.4 is 10.9 Å². The van der Waals surface area contributed by atoms with E-state index < -0.39 is 5.92 Å². The van der Waals surface area contributed by atoms with Crippen LogP contribution in [0.15, 0.2) is 84.2 Å². The van der Waals surface area contributed by atoms with Crippen molar-refractivity contribution in [3.8, 4) is 5.69 Å². The lowest BCUT2D eigenvalue weighted by Crippen LogP contribution is -2.30. The lowest BCUT2D eigenvalue weighted by Gasteiger charge is -2.18. The van der Waals surface area contributed by atoms with E-state index in [4.69, 9.17) is 23.2 Å². The van der Waals surface area contributed by atoms with Gasteiger partial charge < -0.3 is 10.3 Å². The van der Waals surface area contributed by atoms with Gasteiger partial charge in [-0.3, -0.25) is 14.2 Å². The molecule has 0 radical (unpaired) electrons. The highest BCUT2D eigenvalue weighted by molar-refractivity contribution is 6.34. The first kappa shape index (κ1) is 22.8. The monoisotopic (exact) mass is 504 g/mol. The summed E-state index contributed by atoms with van der Waals surface area (Å²) in [5.41, 5.74) is 2.17. The van der Waals surface area contributed by atoms with Gasteiger partial charge in [0.15, 0.2) is 0 Å². The highest BCUT2D eigenvalue weighted by Gasteiger charge is 2.20. The van der Waals surface area contributed by atoms with Crippen molar-refractivity contribution >= 4 is 40.0 Å². The minimum atomic E-state index is -0.400. The first-order valence-corrected chi connectivity index (χ1v) is 11.4. The third kappa shape index (κ3) is 4.80. The van der Waals surface area contributed by atoms with E-state index in [9.17, 15) is 9.59 Å². The molecule has 0 spiro atoms. The van der Waals surface area contributed by atoms with Crippen LogP contribution in [-0.4, -0.2) is 37.2 Å². The van der Waals surface area contributed by atoms with Crippen molar-refractivity contribution in [1.29, 1.82) is 0 Å². The smallest absolute Gasteiger partial charge is 0.258 e. The quantitative estimate of drug-likeness (QED) is 0.357. The van der Waals surface area contributed by atoms with Gasteiger partial charge in [0, 0.05) is 17.3 Å². The van der Waals surface area contributed by atoms with Crippen molar-refractivity contribution in [3.63, 3.8) is 0 Å². The highest BCUT2D eigenvalue weighted by atomic mass is 35.5. The summed E-state index contributed by atoms with van der Waals surface area (Å²) in [7, 11) is 0. The number of aromatic nitrogens is 5. The minimum absolute atomic E-state index is 0.189. The van der Waals surface area contributed by atoms with Crippen LogP contribution in [0.25, 0.3) is 16.6 Å². The fourth-order valence-corrected chi connectivity index (χ4v) is 4.26.